The summed E-state index contributed by atoms with van der Waals surface area (Å²) in [4.78, 5) is 47.7. The van der Waals surface area contributed by atoms with Gasteiger partial charge in [0.1, 0.15) is 12.1 Å². The number of benzene rings is 3. The van der Waals surface area contributed by atoms with Gasteiger partial charge >= 0.3 is 6.03 Å². The number of hydrogen-bond acceptors (Lipinski definition) is 3. The van der Waals surface area contributed by atoms with Crippen LogP contribution in [0.3, 0.4) is 0 Å². The lowest BCUT2D eigenvalue weighted by atomic mass is 9.88. The lowest BCUT2D eigenvalue weighted by molar-refractivity contribution is -0.120. The van der Waals surface area contributed by atoms with Gasteiger partial charge in [-0.15, -0.1) is 0 Å². The minimum Gasteiger partial charge on any atom is -0.356 e. The molecule has 38 heavy (non-hydrogen) atoms. The topological polar surface area (TPSA) is 85.5 Å². The number of aromatic nitrogens is 1. The fraction of sp³-hybridized carbons (Fsp3) is 0.258. The molecule has 0 aliphatic carbocycles. The maximum Gasteiger partial charge on any atom is 0.332 e. The number of anilines is 1. The number of nitrogens with zero attached hydrogens (tertiary/aromatic N) is 2. The summed E-state index contributed by atoms with van der Waals surface area (Å²) in [6, 6.07) is 21.4. The number of hydrogen-bond donors (Lipinski definition) is 2. The molecule has 0 spiro atoms. The van der Waals surface area contributed by atoms with Gasteiger partial charge in [-0.25, -0.2) is 9.69 Å². The van der Waals surface area contributed by atoms with Crippen molar-refractivity contribution in [2.45, 2.75) is 39.3 Å². The van der Waals surface area contributed by atoms with Crippen molar-refractivity contribution < 1.29 is 14.4 Å². The highest BCUT2D eigenvalue weighted by atomic mass is 16.2. The normalized spacial score (nSPS) is 18.7. The highest BCUT2D eigenvalue weighted by Gasteiger charge is 2.53. The van der Waals surface area contributed by atoms with E-state index in [1.165, 1.54) is 4.90 Å². The second kappa shape index (κ2) is 9.17. The Morgan fingerprint density at radius 1 is 1.00 bits per heavy atom. The number of amides is 4. The number of carbonyl (C=O) groups excluding carboxylic acids is 3. The van der Waals surface area contributed by atoms with Crippen molar-refractivity contribution in [1.82, 2.24) is 15.2 Å². The second-order valence-electron chi connectivity index (χ2n) is 10.6. The Labute approximate surface area is 221 Å². The van der Waals surface area contributed by atoms with Crippen LogP contribution in [0.5, 0.6) is 0 Å². The van der Waals surface area contributed by atoms with Gasteiger partial charge in [0.2, 0.25) is 0 Å². The van der Waals surface area contributed by atoms with Crippen molar-refractivity contribution in [2.24, 2.45) is 5.92 Å². The molecule has 1 fully saturated rings. The van der Waals surface area contributed by atoms with Crippen LogP contribution in [0.1, 0.15) is 52.6 Å². The molecule has 3 heterocycles. The zero-order chi connectivity index (χ0) is 26.6. The number of nitrogens with one attached hydrogen (secondary N) is 2. The van der Waals surface area contributed by atoms with Gasteiger partial charge in [0, 0.05) is 29.6 Å². The zero-order valence-electron chi connectivity index (χ0n) is 21.7. The number of aromatic amines is 1. The SMILES string of the molecule is Cc1ccc(C2c3[nH]c4ccccc4c3C[C@H]3C(=O)N(c4ccccc4C(=O)NCC(C)C)C(=O)N23)cc1. The van der Waals surface area contributed by atoms with E-state index in [0.717, 1.165) is 33.3 Å². The first-order valence-electron chi connectivity index (χ1n) is 13.0. The van der Waals surface area contributed by atoms with Gasteiger partial charge in [-0.1, -0.05) is 74.0 Å². The molecule has 7 nitrogen and oxygen atoms in total. The molecular formula is C31H30N4O3. The molecule has 2 N–H and O–H groups in total. The molecule has 4 aromatic rings. The van der Waals surface area contributed by atoms with E-state index in [1.807, 2.05) is 63.2 Å². The molecule has 2 aliphatic rings. The van der Waals surface area contributed by atoms with Crippen LogP contribution in [0.4, 0.5) is 10.5 Å². The maximum absolute atomic E-state index is 14.2. The number of aryl methyl sites for hydroxylation is 1. The molecule has 0 saturated carbocycles. The summed E-state index contributed by atoms with van der Waals surface area (Å²) in [6.07, 6.45) is 0.407. The highest BCUT2D eigenvalue weighted by Crippen LogP contribution is 2.45. The summed E-state index contributed by atoms with van der Waals surface area (Å²) >= 11 is 0. The third kappa shape index (κ3) is 3.77. The third-order valence-electron chi connectivity index (χ3n) is 7.50. The number of carbonyl (C=O) groups is 3. The van der Waals surface area contributed by atoms with Crippen LogP contribution in [-0.2, 0) is 11.2 Å². The first-order valence-corrected chi connectivity index (χ1v) is 13.0. The van der Waals surface area contributed by atoms with E-state index in [1.54, 1.807) is 29.2 Å². The summed E-state index contributed by atoms with van der Waals surface area (Å²) in [7, 11) is 0. The second-order valence-corrected chi connectivity index (χ2v) is 10.6. The van der Waals surface area contributed by atoms with E-state index in [0.29, 0.717) is 24.2 Å². The molecule has 6 rings (SSSR count). The summed E-state index contributed by atoms with van der Waals surface area (Å²) < 4.78 is 0. The Kier molecular flexibility index (Phi) is 5.79. The van der Waals surface area contributed by atoms with Crippen molar-refractivity contribution in [3.63, 3.8) is 0 Å². The van der Waals surface area contributed by atoms with Gasteiger partial charge < -0.3 is 10.3 Å². The third-order valence-corrected chi connectivity index (χ3v) is 7.50. The standard InChI is InChI=1S/C31H30N4O3/c1-18(2)17-32-29(36)22-9-5-7-11-25(22)35-30(37)26-16-23-21-8-4-6-10-24(21)33-27(23)28(34(26)31(35)38)20-14-12-19(3)13-15-20/h4-15,18,26,28,33H,16-17H2,1-3H3,(H,32,36)/t26-,28?/m0/s1. The minimum atomic E-state index is -0.674. The number of rotatable bonds is 5. The minimum absolute atomic E-state index is 0.272. The number of imide groups is 1. The largest absolute Gasteiger partial charge is 0.356 e. The van der Waals surface area contributed by atoms with Gasteiger partial charge in [0.25, 0.3) is 11.8 Å². The molecule has 1 unspecified atom stereocenters. The fourth-order valence-corrected chi connectivity index (χ4v) is 5.64. The van der Waals surface area contributed by atoms with Gasteiger partial charge in [0.05, 0.1) is 11.3 Å². The molecule has 2 aliphatic heterocycles. The summed E-state index contributed by atoms with van der Waals surface area (Å²) in [5.74, 6) is -0.340. The van der Waals surface area contributed by atoms with E-state index in [2.05, 4.69) is 16.4 Å². The maximum atomic E-state index is 14.2. The van der Waals surface area contributed by atoms with Gasteiger partial charge in [-0.05, 0) is 42.2 Å². The molecule has 2 atom stereocenters. The molecule has 0 bridgehead atoms. The van der Waals surface area contributed by atoms with Crippen LogP contribution >= 0.6 is 0 Å². The molecule has 4 amide bonds. The van der Waals surface area contributed by atoms with Crippen LogP contribution in [-0.4, -0.2) is 40.3 Å². The van der Waals surface area contributed by atoms with Gasteiger partial charge in [0.15, 0.2) is 0 Å². The lowest BCUT2D eigenvalue weighted by Gasteiger charge is -2.36. The summed E-state index contributed by atoms with van der Waals surface area (Å²) in [5, 5.41) is 3.98. The molecular weight excluding hydrogens is 476 g/mol. The monoisotopic (exact) mass is 506 g/mol. The van der Waals surface area contributed by atoms with Crippen LogP contribution in [0.2, 0.25) is 0 Å². The fourth-order valence-electron chi connectivity index (χ4n) is 5.64. The highest BCUT2D eigenvalue weighted by molar-refractivity contribution is 6.24. The predicted molar refractivity (Wildman–Crippen MR) is 147 cm³/mol. The summed E-state index contributed by atoms with van der Waals surface area (Å²) in [5.41, 5.74) is 5.64. The average Bonchev–Trinajstić information content (AvgIpc) is 3.41. The van der Waals surface area contributed by atoms with E-state index in [9.17, 15) is 14.4 Å². The molecule has 1 saturated heterocycles. The molecule has 192 valence electrons. The van der Waals surface area contributed by atoms with Gasteiger partial charge in [-0.3, -0.25) is 14.5 Å². The Balaban J connectivity index is 1.47. The number of urea groups is 1. The Hall–Kier alpha value is -4.39. The first kappa shape index (κ1) is 24.0. The van der Waals surface area contributed by atoms with E-state index in [4.69, 9.17) is 0 Å². The van der Waals surface area contributed by atoms with Crippen molar-refractivity contribution in [1.29, 1.82) is 0 Å². The smallest absolute Gasteiger partial charge is 0.332 e. The first-order chi connectivity index (χ1) is 18.3. The van der Waals surface area contributed by atoms with Crippen molar-refractivity contribution in [2.75, 3.05) is 11.4 Å². The van der Waals surface area contributed by atoms with E-state index < -0.39 is 18.1 Å². The molecule has 1 aromatic heterocycles. The van der Waals surface area contributed by atoms with Crippen LogP contribution in [0.15, 0.2) is 72.8 Å². The number of para-hydroxylation sites is 2. The Morgan fingerprint density at radius 3 is 2.47 bits per heavy atom. The number of H-pyrrole nitrogens is 1. The lowest BCUT2D eigenvalue weighted by Crippen LogP contribution is -2.44. The Morgan fingerprint density at radius 2 is 1.71 bits per heavy atom. The molecule has 3 aromatic carbocycles. The molecule has 7 heteroatoms. The zero-order valence-corrected chi connectivity index (χ0v) is 21.7. The van der Waals surface area contributed by atoms with Crippen LogP contribution < -0.4 is 10.2 Å². The van der Waals surface area contributed by atoms with Crippen molar-refractivity contribution in [3.05, 3.63) is 101 Å². The van der Waals surface area contributed by atoms with E-state index >= 15 is 0 Å². The van der Waals surface area contributed by atoms with Crippen LogP contribution in [0.25, 0.3) is 10.9 Å². The molecule has 0 radical (unpaired) electrons. The van der Waals surface area contributed by atoms with Crippen molar-refractivity contribution >= 4 is 34.4 Å². The average molecular weight is 507 g/mol. The van der Waals surface area contributed by atoms with E-state index in [-0.39, 0.29) is 17.7 Å². The predicted octanol–water partition coefficient (Wildman–Crippen LogP) is 5.35. The van der Waals surface area contributed by atoms with Crippen molar-refractivity contribution in [3.8, 4) is 0 Å². The van der Waals surface area contributed by atoms with Gasteiger partial charge in [-0.2, -0.15) is 0 Å². The quantitative estimate of drug-likeness (QED) is 0.358. The summed E-state index contributed by atoms with van der Waals surface area (Å²) in [6.45, 7) is 6.55. The number of fused-ring (bicyclic) bond motifs is 4. The Bertz CT molecular complexity index is 1570. The van der Waals surface area contributed by atoms with Crippen LogP contribution in [0, 0.1) is 12.8 Å².